The molecule has 0 spiro atoms. The first kappa shape index (κ1) is 10.4. The van der Waals surface area contributed by atoms with E-state index in [4.69, 9.17) is 5.73 Å². The maximum Gasteiger partial charge on any atom is 0.221 e. The lowest BCUT2D eigenvalue weighted by Crippen LogP contribution is -2.06. The number of rotatable bonds is 1. The zero-order valence-corrected chi connectivity index (χ0v) is 9.11. The Morgan fingerprint density at radius 2 is 2.12 bits per heavy atom. The number of benzene rings is 1. The summed E-state index contributed by atoms with van der Waals surface area (Å²) in [6, 6.07) is 5.37. The van der Waals surface area contributed by atoms with Gasteiger partial charge in [0.25, 0.3) is 0 Å². The van der Waals surface area contributed by atoms with Gasteiger partial charge >= 0.3 is 0 Å². The van der Waals surface area contributed by atoms with Crippen molar-refractivity contribution in [3.05, 3.63) is 24.0 Å². The van der Waals surface area contributed by atoms with Crippen LogP contribution >= 0.6 is 0 Å². The van der Waals surface area contributed by atoms with Crippen LogP contribution in [-0.4, -0.2) is 15.9 Å². The summed E-state index contributed by atoms with van der Waals surface area (Å²) in [6.45, 7) is 3.25. The van der Waals surface area contributed by atoms with Crippen molar-refractivity contribution in [1.82, 2.24) is 9.97 Å². The van der Waals surface area contributed by atoms with Crippen LogP contribution in [0.2, 0.25) is 0 Å². The van der Waals surface area contributed by atoms with Gasteiger partial charge in [0.1, 0.15) is 11.6 Å². The molecular weight excluding hydrogens is 204 g/mol. The zero-order valence-electron chi connectivity index (χ0n) is 9.11. The van der Waals surface area contributed by atoms with Crippen molar-refractivity contribution in [2.45, 2.75) is 13.8 Å². The number of hydrogen-bond acceptors (Lipinski definition) is 4. The molecule has 0 fully saturated rings. The highest BCUT2D eigenvalue weighted by atomic mass is 16.1. The molecule has 0 unspecified atom stereocenters. The third kappa shape index (κ3) is 1.93. The van der Waals surface area contributed by atoms with Crippen molar-refractivity contribution in [3.63, 3.8) is 0 Å². The Kier molecular flexibility index (Phi) is 2.44. The Balaban J connectivity index is 2.57. The molecule has 0 atom stereocenters. The smallest absolute Gasteiger partial charge is 0.221 e. The molecule has 82 valence electrons. The monoisotopic (exact) mass is 216 g/mol. The summed E-state index contributed by atoms with van der Waals surface area (Å²) in [5, 5.41) is 3.44. The van der Waals surface area contributed by atoms with Gasteiger partial charge in [0, 0.05) is 18.0 Å². The summed E-state index contributed by atoms with van der Waals surface area (Å²) < 4.78 is 0. The van der Waals surface area contributed by atoms with Crippen LogP contribution < -0.4 is 11.1 Å². The highest BCUT2D eigenvalue weighted by Gasteiger charge is 2.04. The molecule has 1 aromatic heterocycles. The van der Waals surface area contributed by atoms with Gasteiger partial charge in [-0.3, -0.25) is 4.79 Å². The maximum atomic E-state index is 10.9. The highest BCUT2D eigenvalue weighted by Crippen LogP contribution is 2.21. The molecule has 5 heteroatoms. The van der Waals surface area contributed by atoms with E-state index in [1.165, 1.54) is 6.92 Å². The van der Waals surface area contributed by atoms with Crippen LogP contribution in [0.15, 0.2) is 18.2 Å². The largest absolute Gasteiger partial charge is 0.383 e. The summed E-state index contributed by atoms with van der Waals surface area (Å²) in [4.78, 5) is 19.2. The van der Waals surface area contributed by atoms with E-state index < -0.39 is 0 Å². The molecule has 0 bridgehead atoms. The fraction of sp³-hybridized carbons (Fsp3) is 0.182. The van der Waals surface area contributed by atoms with Gasteiger partial charge in [0.05, 0.1) is 5.52 Å². The molecule has 0 aliphatic carbocycles. The minimum atomic E-state index is -0.119. The quantitative estimate of drug-likeness (QED) is 0.756. The van der Waals surface area contributed by atoms with Gasteiger partial charge < -0.3 is 11.1 Å². The highest BCUT2D eigenvalue weighted by molar-refractivity contribution is 5.95. The number of carbonyl (C=O) groups is 1. The molecular formula is C11H12N4O. The summed E-state index contributed by atoms with van der Waals surface area (Å²) in [7, 11) is 0. The number of nitrogen functional groups attached to an aromatic ring is 1. The second-order valence-corrected chi connectivity index (χ2v) is 3.57. The summed E-state index contributed by atoms with van der Waals surface area (Å²) in [5.41, 5.74) is 7.26. The van der Waals surface area contributed by atoms with Gasteiger partial charge in [0.2, 0.25) is 5.91 Å². The van der Waals surface area contributed by atoms with Gasteiger partial charge in [-0.2, -0.15) is 0 Å². The topological polar surface area (TPSA) is 80.9 Å². The number of amides is 1. The van der Waals surface area contributed by atoms with Crippen LogP contribution in [0.4, 0.5) is 11.5 Å². The number of nitrogens with zero attached hydrogens (tertiary/aromatic N) is 2. The first-order valence-electron chi connectivity index (χ1n) is 4.88. The van der Waals surface area contributed by atoms with E-state index >= 15 is 0 Å². The minimum Gasteiger partial charge on any atom is -0.383 e. The number of nitrogens with one attached hydrogen (secondary N) is 1. The summed E-state index contributed by atoms with van der Waals surface area (Å²) >= 11 is 0. The summed E-state index contributed by atoms with van der Waals surface area (Å²) in [6.07, 6.45) is 0. The molecule has 3 N–H and O–H groups in total. The Hall–Kier alpha value is -2.17. The van der Waals surface area contributed by atoms with E-state index in [1.807, 2.05) is 6.07 Å². The van der Waals surface area contributed by atoms with E-state index in [-0.39, 0.29) is 5.91 Å². The van der Waals surface area contributed by atoms with Crippen molar-refractivity contribution in [1.29, 1.82) is 0 Å². The fourth-order valence-electron chi connectivity index (χ4n) is 1.55. The predicted molar refractivity (Wildman–Crippen MR) is 63.0 cm³/mol. The number of nitrogens with two attached hydrogens (primary N) is 1. The second-order valence-electron chi connectivity index (χ2n) is 3.57. The van der Waals surface area contributed by atoms with Crippen LogP contribution in [0.1, 0.15) is 12.7 Å². The van der Waals surface area contributed by atoms with Crippen LogP contribution in [0, 0.1) is 6.92 Å². The first-order valence-corrected chi connectivity index (χ1v) is 4.88. The average molecular weight is 216 g/mol. The van der Waals surface area contributed by atoms with Gasteiger partial charge in [0.15, 0.2) is 0 Å². The fourth-order valence-corrected chi connectivity index (χ4v) is 1.55. The van der Waals surface area contributed by atoms with Crippen molar-refractivity contribution in [2.75, 3.05) is 11.1 Å². The third-order valence-corrected chi connectivity index (χ3v) is 2.16. The van der Waals surface area contributed by atoms with Gasteiger partial charge in [-0.25, -0.2) is 9.97 Å². The van der Waals surface area contributed by atoms with E-state index in [9.17, 15) is 4.79 Å². The molecule has 0 saturated heterocycles. The lowest BCUT2D eigenvalue weighted by Gasteiger charge is -2.06. The Labute approximate surface area is 92.7 Å². The normalized spacial score (nSPS) is 10.4. The van der Waals surface area contributed by atoms with E-state index in [2.05, 4.69) is 15.3 Å². The molecule has 1 amide bonds. The molecule has 2 aromatic rings. The Bertz CT molecular complexity index is 565. The molecule has 0 aliphatic heterocycles. The first-order chi connectivity index (χ1) is 7.56. The maximum absolute atomic E-state index is 10.9. The molecule has 0 aliphatic rings. The Morgan fingerprint density at radius 3 is 2.81 bits per heavy atom. The van der Waals surface area contributed by atoms with Crippen LogP contribution in [-0.2, 0) is 4.79 Å². The second kappa shape index (κ2) is 3.77. The van der Waals surface area contributed by atoms with Crippen LogP contribution in [0.5, 0.6) is 0 Å². The zero-order chi connectivity index (χ0) is 11.7. The Morgan fingerprint density at radius 1 is 1.38 bits per heavy atom. The minimum absolute atomic E-state index is 0.119. The number of hydrogen-bond donors (Lipinski definition) is 2. The molecule has 2 rings (SSSR count). The number of carbonyl (C=O) groups excluding carboxylic acids is 1. The lowest BCUT2D eigenvalue weighted by atomic mass is 10.2. The SMILES string of the molecule is CC(=O)Nc1ccc2nc(C)nc(N)c2c1. The molecule has 1 aromatic carbocycles. The van der Waals surface area contributed by atoms with Gasteiger partial charge in [-0.05, 0) is 25.1 Å². The van der Waals surface area contributed by atoms with Crippen LogP contribution in [0.25, 0.3) is 10.9 Å². The van der Waals surface area contributed by atoms with Gasteiger partial charge in [-0.15, -0.1) is 0 Å². The van der Waals surface area contributed by atoms with Gasteiger partial charge in [-0.1, -0.05) is 0 Å². The molecule has 0 saturated carbocycles. The number of aromatic nitrogens is 2. The molecule has 5 nitrogen and oxygen atoms in total. The van der Waals surface area contributed by atoms with Crippen molar-refractivity contribution in [2.24, 2.45) is 0 Å². The number of aryl methyl sites for hydroxylation is 1. The lowest BCUT2D eigenvalue weighted by molar-refractivity contribution is -0.114. The van der Waals surface area contributed by atoms with Crippen molar-refractivity contribution >= 4 is 28.3 Å². The van der Waals surface area contributed by atoms with Crippen molar-refractivity contribution < 1.29 is 4.79 Å². The van der Waals surface area contributed by atoms with Crippen molar-refractivity contribution in [3.8, 4) is 0 Å². The molecule has 1 heterocycles. The van der Waals surface area contributed by atoms with E-state index in [1.54, 1.807) is 19.1 Å². The number of fused-ring (bicyclic) bond motifs is 1. The molecule has 0 radical (unpaired) electrons. The third-order valence-electron chi connectivity index (χ3n) is 2.16. The standard InChI is InChI=1S/C11H12N4O/c1-6-13-10-4-3-8(15-7(2)16)5-9(10)11(12)14-6/h3-5H,1-2H3,(H,15,16)(H2,12,13,14). The predicted octanol–water partition coefficient (Wildman–Crippen LogP) is 1.48. The molecule has 16 heavy (non-hydrogen) atoms. The number of anilines is 2. The van der Waals surface area contributed by atoms with E-state index in [0.717, 1.165) is 10.9 Å². The van der Waals surface area contributed by atoms with Crippen LogP contribution in [0.3, 0.4) is 0 Å². The van der Waals surface area contributed by atoms with E-state index in [0.29, 0.717) is 17.3 Å². The average Bonchev–Trinajstić information content (AvgIpc) is 2.18. The summed E-state index contributed by atoms with van der Waals surface area (Å²) in [5.74, 6) is 0.943.